The summed E-state index contributed by atoms with van der Waals surface area (Å²) in [5.74, 6) is 2.04. The molecular formula is C32H34N2O5. The van der Waals surface area contributed by atoms with Crippen molar-refractivity contribution in [2.75, 3.05) is 19.8 Å². The third kappa shape index (κ3) is 7.29. The lowest BCUT2D eigenvalue weighted by molar-refractivity contribution is 0.0954. The minimum atomic E-state index is -0.352. The zero-order valence-corrected chi connectivity index (χ0v) is 22.6. The highest BCUT2D eigenvalue weighted by Gasteiger charge is 2.12. The van der Waals surface area contributed by atoms with Crippen LogP contribution in [0.3, 0.4) is 0 Å². The van der Waals surface area contributed by atoms with Gasteiger partial charge in [0.25, 0.3) is 5.91 Å². The maximum absolute atomic E-state index is 12.7. The predicted octanol–water partition coefficient (Wildman–Crippen LogP) is 6.77. The molecule has 39 heavy (non-hydrogen) atoms. The second kappa shape index (κ2) is 13.9. The summed E-state index contributed by atoms with van der Waals surface area (Å²) in [7, 11) is 0. The Morgan fingerprint density at radius 2 is 1.49 bits per heavy atom. The Labute approximate surface area is 229 Å². The van der Waals surface area contributed by atoms with E-state index < -0.39 is 0 Å². The van der Waals surface area contributed by atoms with Gasteiger partial charge in [-0.05, 0) is 78.6 Å². The molecule has 0 aromatic heterocycles. The largest absolute Gasteiger partial charge is 0.490 e. The Morgan fingerprint density at radius 1 is 0.769 bits per heavy atom. The van der Waals surface area contributed by atoms with E-state index >= 15 is 0 Å². The smallest absolute Gasteiger partial charge is 0.271 e. The molecule has 0 atom stereocenters. The van der Waals surface area contributed by atoms with Crippen LogP contribution in [0, 0.1) is 0 Å². The number of amides is 1. The molecule has 0 unspecified atom stereocenters. The second-order valence-electron chi connectivity index (χ2n) is 8.71. The third-order valence-corrected chi connectivity index (χ3v) is 5.88. The maximum atomic E-state index is 12.7. The van der Waals surface area contributed by atoms with Crippen molar-refractivity contribution in [1.29, 1.82) is 0 Å². The van der Waals surface area contributed by atoms with Gasteiger partial charge in [0.2, 0.25) is 0 Å². The fraction of sp³-hybridized carbons (Fsp3) is 0.250. The van der Waals surface area contributed by atoms with Gasteiger partial charge in [-0.15, -0.1) is 0 Å². The van der Waals surface area contributed by atoms with Crippen LogP contribution in [0.25, 0.3) is 10.8 Å². The molecule has 0 bridgehead atoms. The van der Waals surface area contributed by atoms with Gasteiger partial charge in [-0.3, -0.25) is 4.79 Å². The van der Waals surface area contributed by atoms with Crippen LogP contribution in [0.2, 0.25) is 0 Å². The number of carbonyl (C=O) groups excluding carboxylic acids is 1. The summed E-state index contributed by atoms with van der Waals surface area (Å²) in [5, 5.41) is 6.47. The second-order valence-corrected chi connectivity index (χ2v) is 8.71. The van der Waals surface area contributed by atoms with Gasteiger partial charge < -0.3 is 18.9 Å². The van der Waals surface area contributed by atoms with Crippen molar-refractivity contribution in [1.82, 2.24) is 5.43 Å². The van der Waals surface area contributed by atoms with E-state index in [2.05, 4.69) is 34.8 Å². The van der Waals surface area contributed by atoms with E-state index in [4.69, 9.17) is 18.9 Å². The lowest BCUT2D eigenvalue weighted by Gasteiger charge is -2.14. The lowest BCUT2D eigenvalue weighted by atomic mass is 10.1. The van der Waals surface area contributed by atoms with Crippen LogP contribution in [0.4, 0.5) is 0 Å². The molecular weight excluding hydrogens is 492 g/mol. The summed E-state index contributed by atoms with van der Waals surface area (Å²) < 4.78 is 23.3. The number of fused-ring (bicyclic) bond motifs is 1. The van der Waals surface area contributed by atoms with Crippen molar-refractivity contribution < 1.29 is 23.7 Å². The number of ether oxygens (including phenoxy) is 4. The summed E-state index contributed by atoms with van der Waals surface area (Å²) in [5.41, 5.74) is 4.85. The molecule has 0 aliphatic heterocycles. The minimum absolute atomic E-state index is 0.352. The SMILES string of the molecule is CCCOc1ccc(C(=O)N/N=C/c2ccc(OCc3cccc4ccccc34)c(OCC)c2)cc1OCC. The summed E-state index contributed by atoms with van der Waals surface area (Å²) >= 11 is 0. The highest BCUT2D eigenvalue weighted by Crippen LogP contribution is 2.30. The molecule has 4 aromatic carbocycles. The van der Waals surface area contributed by atoms with Crippen molar-refractivity contribution in [3.63, 3.8) is 0 Å². The van der Waals surface area contributed by atoms with E-state index in [1.807, 2.05) is 57.2 Å². The molecule has 1 N–H and O–H groups in total. The summed E-state index contributed by atoms with van der Waals surface area (Å²) in [6.45, 7) is 7.78. The van der Waals surface area contributed by atoms with Gasteiger partial charge >= 0.3 is 0 Å². The molecule has 202 valence electrons. The normalized spacial score (nSPS) is 10.9. The topological polar surface area (TPSA) is 78.4 Å². The van der Waals surface area contributed by atoms with Crippen molar-refractivity contribution in [3.05, 3.63) is 95.6 Å². The molecule has 7 nitrogen and oxygen atoms in total. The highest BCUT2D eigenvalue weighted by atomic mass is 16.5. The lowest BCUT2D eigenvalue weighted by Crippen LogP contribution is -2.17. The summed E-state index contributed by atoms with van der Waals surface area (Å²) in [6, 6.07) is 25.1. The van der Waals surface area contributed by atoms with Gasteiger partial charge in [-0.25, -0.2) is 5.43 Å². The number of nitrogens with one attached hydrogen (secondary N) is 1. The standard InChI is InChI=1S/C32H34N2O5/c1-4-18-38-28-17-15-25(20-31(28)37-6-3)32(35)34-33-21-23-14-16-29(30(19-23)36-5-2)39-22-26-12-9-11-24-10-7-8-13-27(24)26/h7-17,19-21H,4-6,18,22H2,1-3H3,(H,34,35)/b33-21+. The first-order valence-corrected chi connectivity index (χ1v) is 13.2. The Kier molecular flexibility index (Phi) is 9.78. The molecule has 0 radical (unpaired) electrons. The van der Waals surface area contributed by atoms with Gasteiger partial charge in [0.1, 0.15) is 6.61 Å². The third-order valence-electron chi connectivity index (χ3n) is 5.88. The Balaban J connectivity index is 1.42. The van der Waals surface area contributed by atoms with Gasteiger partial charge in [-0.2, -0.15) is 5.10 Å². The van der Waals surface area contributed by atoms with Gasteiger partial charge in [0, 0.05) is 5.56 Å². The van der Waals surface area contributed by atoms with Crippen LogP contribution >= 0.6 is 0 Å². The van der Waals surface area contributed by atoms with E-state index in [0.29, 0.717) is 55.0 Å². The molecule has 7 heteroatoms. The van der Waals surface area contributed by atoms with Gasteiger partial charge in [0.05, 0.1) is 26.0 Å². The van der Waals surface area contributed by atoms with E-state index in [9.17, 15) is 4.79 Å². The first-order valence-electron chi connectivity index (χ1n) is 13.2. The molecule has 4 aromatic rings. The number of benzene rings is 4. The molecule has 0 saturated heterocycles. The Hall–Kier alpha value is -4.52. The number of rotatable bonds is 13. The Bertz CT molecular complexity index is 1430. The summed E-state index contributed by atoms with van der Waals surface area (Å²) in [4.78, 5) is 12.7. The van der Waals surface area contributed by atoms with Gasteiger partial charge in [-0.1, -0.05) is 49.4 Å². The van der Waals surface area contributed by atoms with E-state index in [-0.39, 0.29) is 5.91 Å². The highest BCUT2D eigenvalue weighted by molar-refractivity contribution is 5.95. The zero-order valence-electron chi connectivity index (χ0n) is 22.6. The minimum Gasteiger partial charge on any atom is -0.490 e. The van der Waals surface area contributed by atoms with Gasteiger partial charge in [0.15, 0.2) is 23.0 Å². The molecule has 1 amide bonds. The average Bonchev–Trinajstić information content (AvgIpc) is 2.96. The van der Waals surface area contributed by atoms with E-state index in [1.54, 1.807) is 24.4 Å². The van der Waals surface area contributed by atoms with Crippen LogP contribution in [0.1, 0.15) is 48.7 Å². The fourth-order valence-electron chi connectivity index (χ4n) is 4.05. The zero-order chi connectivity index (χ0) is 27.5. The molecule has 0 fully saturated rings. The van der Waals surface area contributed by atoms with Crippen molar-refractivity contribution >= 4 is 22.9 Å². The van der Waals surface area contributed by atoms with Crippen molar-refractivity contribution in [2.24, 2.45) is 5.10 Å². The molecule has 0 spiro atoms. The fourth-order valence-corrected chi connectivity index (χ4v) is 4.05. The molecule has 0 aliphatic carbocycles. The van der Waals surface area contributed by atoms with Crippen molar-refractivity contribution in [3.8, 4) is 23.0 Å². The Morgan fingerprint density at radius 3 is 2.28 bits per heavy atom. The van der Waals surface area contributed by atoms with E-state index in [0.717, 1.165) is 22.9 Å². The number of nitrogens with zero attached hydrogens (tertiary/aromatic N) is 1. The number of hydrogen-bond acceptors (Lipinski definition) is 6. The number of hydrazone groups is 1. The van der Waals surface area contributed by atoms with Crippen LogP contribution < -0.4 is 24.4 Å². The molecule has 4 rings (SSSR count). The first kappa shape index (κ1) is 27.5. The predicted molar refractivity (Wildman–Crippen MR) is 154 cm³/mol. The monoisotopic (exact) mass is 526 g/mol. The number of carbonyl (C=O) groups is 1. The summed E-state index contributed by atoms with van der Waals surface area (Å²) in [6.07, 6.45) is 2.45. The molecule has 0 aliphatic rings. The first-order chi connectivity index (χ1) is 19.1. The maximum Gasteiger partial charge on any atom is 0.271 e. The average molecular weight is 527 g/mol. The van der Waals surface area contributed by atoms with Crippen molar-refractivity contribution in [2.45, 2.75) is 33.8 Å². The van der Waals surface area contributed by atoms with Crippen LogP contribution in [0.5, 0.6) is 23.0 Å². The van der Waals surface area contributed by atoms with Crippen LogP contribution in [-0.2, 0) is 6.61 Å². The molecule has 0 heterocycles. The molecule has 0 saturated carbocycles. The number of hydrogen-bond donors (Lipinski definition) is 1. The quantitative estimate of drug-likeness (QED) is 0.154. The van der Waals surface area contributed by atoms with E-state index in [1.165, 1.54) is 5.39 Å². The van der Waals surface area contributed by atoms with Crippen LogP contribution in [-0.4, -0.2) is 31.9 Å². The van der Waals surface area contributed by atoms with Crippen LogP contribution in [0.15, 0.2) is 84.0 Å².